The highest BCUT2D eigenvalue weighted by Crippen LogP contribution is 2.18. The van der Waals surface area contributed by atoms with Gasteiger partial charge in [0, 0.05) is 0 Å². The van der Waals surface area contributed by atoms with Crippen LogP contribution in [-0.2, 0) is 35.5 Å². The number of benzene rings is 4. The minimum absolute atomic E-state index is 0.0633. The summed E-state index contributed by atoms with van der Waals surface area (Å²) in [7, 11) is 0. The number of ether oxygens (including phenoxy) is 4. The molecule has 4 aromatic rings. The molecule has 0 radical (unpaired) electrons. The van der Waals surface area contributed by atoms with Gasteiger partial charge in [0.1, 0.15) is 11.5 Å². The van der Waals surface area contributed by atoms with Crippen LogP contribution in [0.2, 0.25) is 0 Å². The minimum atomic E-state index is -0.773. The van der Waals surface area contributed by atoms with Crippen LogP contribution in [0.15, 0.2) is 109 Å². The summed E-state index contributed by atoms with van der Waals surface area (Å²) in [5.74, 6) is 0.857. The molecule has 0 bridgehead atoms. The molecule has 196 valence electrons. The van der Waals surface area contributed by atoms with Crippen molar-refractivity contribution in [2.75, 3.05) is 0 Å². The molecule has 0 N–H and O–H groups in total. The first-order valence-electron chi connectivity index (χ1n) is 12.9. The van der Waals surface area contributed by atoms with E-state index < -0.39 is 6.16 Å². The van der Waals surface area contributed by atoms with Gasteiger partial charge in [0.2, 0.25) is 0 Å². The Morgan fingerprint density at radius 1 is 0.526 bits per heavy atom. The predicted molar refractivity (Wildman–Crippen MR) is 148 cm³/mol. The van der Waals surface area contributed by atoms with Crippen LogP contribution in [-0.4, -0.2) is 18.4 Å². The second-order valence-electron chi connectivity index (χ2n) is 9.36. The first-order valence-corrected chi connectivity index (χ1v) is 12.9. The minimum Gasteiger partial charge on any atom is -0.395 e. The third-order valence-corrected chi connectivity index (χ3v) is 6.05. The lowest BCUT2D eigenvalue weighted by Crippen LogP contribution is -2.14. The lowest BCUT2D eigenvalue weighted by atomic mass is 10.1. The lowest BCUT2D eigenvalue weighted by Gasteiger charge is -2.14. The standard InChI is InChI=1S/C33H34O5/c1-25(35-23-29-9-5-3-6-10-29)21-27-13-17-31(18-14-27)37-33(34)38-32-19-15-28(16-20-32)22-26(2)36-24-30-11-7-4-8-12-30/h3-20,25-26H,21-24H2,1-2H3. The zero-order chi connectivity index (χ0) is 26.6. The first kappa shape index (κ1) is 27.1. The molecule has 0 heterocycles. The van der Waals surface area contributed by atoms with E-state index in [1.165, 1.54) is 0 Å². The van der Waals surface area contributed by atoms with Gasteiger partial charge in [-0.15, -0.1) is 0 Å². The Morgan fingerprint density at radius 2 is 0.895 bits per heavy atom. The third-order valence-electron chi connectivity index (χ3n) is 6.05. The third kappa shape index (κ3) is 9.18. The van der Waals surface area contributed by atoms with Gasteiger partial charge in [0.25, 0.3) is 0 Å². The van der Waals surface area contributed by atoms with Gasteiger partial charge in [-0.05, 0) is 73.2 Å². The molecule has 0 fully saturated rings. The number of rotatable bonds is 12. The van der Waals surface area contributed by atoms with Gasteiger partial charge >= 0.3 is 6.16 Å². The van der Waals surface area contributed by atoms with E-state index in [2.05, 4.69) is 38.1 Å². The van der Waals surface area contributed by atoms with Crippen LogP contribution < -0.4 is 9.47 Å². The van der Waals surface area contributed by atoms with Crippen LogP contribution in [0.4, 0.5) is 4.79 Å². The molecule has 4 rings (SSSR count). The Kier molecular flexibility index (Phi) is 10.1. The topological polar surface area (TPSA) is 54.0 Å². The maximum Gasteiger partial charge on any atom is 0.519 e. The van der Waals surface area contributed by atoms with E-state index in [0.717, 1.165) is 35.1 Å². The largest absolute Gasteiger partial charge is 0.519 e. The summed E-state index contributed by atoms with van der Waals surface area (Å²) < 4.78 is 22.6. The summed E-state index contributed by atoms with van der Waals surface area (Å²) in [5, 5.41) is 0. The SMILES string of the molecule is CC(Cc1ccc(OC(=O)Oc2ccc(CC(C)OCc3ccccc3)cc2)cc1)OCc1ccccc1. The Labute approximate surface area is 225 Å². The van der Waals surface area contributed by atoms with Crippen molar-refractivity contribution in [3.8, 4) is 11.5 Å². The Balaban J connectivity index is 1.18. The summed E-state index contributed by atoms with van der Waals surface area (Å²) >= 11 is 0. The molecule has 0 aliphatic rings. The number of carbonyl (C=O) groups excluding carboxylic acids is 1. The monoisotopic (exact) mass is 510 g/mol. The van der Waals surface area contributed by atoms with Crippen LogP contribution in [0, 0.1) is 0 Å². The van der Waals surface area contributed by atoms with Crippen molar-refractivity contribution < 1.29 is 23.7 Å². The molecular formula is C33H34O5. The van der Waals surface area contributed by atoms with Crippen molar-refractivity contribution in [3.05, 3.63) is 131 Å². The van der Waals surface area contributed by atoms with Crippen molar-refractivity contribution >= 4 is 6.16 Å². The van der Waals surface area contributed by atoms with E-state index in [9.17, 15) is 4.79 Å². The Hall–Kier alpha value is -3.93. The molecule has 0 aliphatic heterocycles. The Morgan fingerprint density at radius 3 is 1.26 bits per heavy atom. The van der Waals surface area contributed by atoms with Gasteiger partial charge in [-0.1, -0.05) is 84.9 Å². The molecule has 0 spiro atoms. The quantitative estimate of drug-likeness (QED) is 0.145. The lowest BCUT2D eigenvalue weighted by molar-refractivity contribution is 0.0534. The van der Waals surface area contributed by atoms with E-state index in [0.29, 0.717) is 24.7 Å². The smallest absolute Gasteiger partial charge is 0.395 e. The van der Waals surface area contributed by atoms with Crippen molar-refractivity contribution in [1.29, 1.82) is 0 Å². The highest BCUT2D eigenvalue weighted by molar-refractivity contribution is 5.67. The van der Waals surface area contributed by atoms with Gasteiger partial charge < -0.3 is 18.9 Å². The van der Waals surface area contributed by atoms with Crippen LogP contribution >= 0.6 is 0 Å². The molecule has 0 saturated heterocycles. The van der Waals surface area contributed by atoms with Crippen LogP contribution in [0.3, 0.4) is 0 Å². The molecule has 0 saturated carbocycles. The van der Waals surface area contributed by atoms with Gasteiger partial charge in [-0.3, -0.25) is 0 Å². The van der Waals surface area contributed by atoms with Gasteiger partial charge in [-0.2, -0.15) is 0 Å². The summed E-state index contributed by atoms with van der Waals surface area (Å²) in [5.41, 5.74) is 4.50. The van der Waals surface area contributed by atoms with Gasteiger partial charge in [-0.25, -0.2) is 4.79 Å². The second-order valence-corrected chi connectivity index (χ2v) is 9.36. The zero-order valence-corrected chi connectivity index (χ0v) is 21.9. The van der Waals surface area contributed by atoms with Gasteiger partial charge in [0.15, 0.2) is 0 Å². The van der Waals surface area contributed by atoms with E-state index in [1.807, 2.05) is 60.7 Å². The van der Waals surface area contributed by atoms with Crippen LogP contribution in [0.25, 0.3) is 0 Å². The molecule has 0 aliphatic carbocycles. The average Bonchev–Trinajstić information content (AvgIpc) is 2.94. The van der Waals surface area contributed by atoms with Gasteiger partial charge in [0.05, 0.1) is 25.4 Å². The summed E-state index contributed by atoms with van der Waals surface area (Å²) in [6, 6.07) is 35.0. The van der Waals surface area contributed by atoms with E-state index in [4.69, 9.17) is 18.9 Å². The Bertz CT molecular complexity index is 1140. The molecule has 4 aromatic carbocycles. The number of carbonyl (C=O) groups is 1. The molecule has 0 amide bonds. The summed E-state index contributed by atoms with van der Waals surface area (Å²) in [6.07, 6.45) is 0.880. The maximum absolute atomic E-state index is 12.3. The fourth-order valence-electron chi connectivity index (χ4n) is 4.01. The fourth-order valence-corrected chi connectivity index (χ4v) is 4.01. The zero-order valence-electron chi connectivity index (χ0n) is 21.9. The normalized spacial score (nSPS) is 12.5. The average molecular weight is 511 g/mol. The van der Waals surface area contributed by atoms with E-state index in [1.54, 1.807) is 24.3 Å². The van der Waals surface area contributed by atoms with Crippen molar-refractivity contribution in [1.82, 2.24) is 0 Å². The van der Waals surface area contributed by atoms with Crippen molar-refractivity contribution in [3.63, 3.8) is 0 Å². The van der Waals surface area contributed by atoms with E-state index >= 15 is 0 Å². The fraction of sp³-hybridized carbons (Fsp3) is 0.242. The number of hydrogen-bond donors (Lipinski definition) is 0. The van der Waals surface area contributed by atoms with Crippen LogP contribution in [0.1, 0.15) is 36.1 Å². The number of hydrogen-bond acceptors (Lipinski definition) is 5. The van der Waals surface area contributed by atoms with Crippen molar-refractivity contribution in [2.24, 2.45) is 0 Å². The van der Waals surface area contributed by atoms with Crippen molar-refractivity contribution in [2.45, 2.75) is 52.1 Å². The molecule has 38 heavy (non-hydrogen) atoms. The molecule has 0 aromatic heterocycles. The molecule has 2 unspecified atom stereocenters. The molecular weight excluding hydrogens is 476 g/mol. The maximum atomic E-state index is 12.3. The summed E-state index contributed by atoms with van der Waals surface area (Å²) in [6.45, 7) is 5.26. The molecule has 2 atom stereocenters. The second kappa shape index (κ2) is 14.1. The van der Waals surface area contributed by atoms with E-state index in [-0.39, 0.29) is 12.2 Å². The highest BCUT2D eigenvalue weighted by Gasteiger charge is 2.11. The molecule has 5 heteroatoms. The molecule has 5 nitrogen and oxygen atoms in total. The first-order chi connectivity index (χ1) is 18.5. The summed E-state index contributed by atoms with van der Waals surface area (Å²) in [4.78, 5) is 12.3. The predicted octanol–water partition coefficient (Wildman–Crippen LogP) is 7.56. The van der Waals surface area contributed by atoms with Crippen LogP contribution in [0.5, 0.6) is 11.5 Å². The highest BCUT2D eigenvalue weighted by atomic mass is 16.7.